The lowest BCUT2D eigenvalue weighted by Gasteiger charge is -2.20. The maximum Gasteiger partial charge on any atom is 0.180 e. The van der Waals surface area contributed by atoms with Crippen molar-refractivity contribution in [2.24, 2.45) is 11.3 Å². The predicted octanol–water partition coefficient (Wildman–Crippen LogP) is 3.59. The van der Waals surface area contributed by atoms with Crippen molar-refractivity contribution >= 4 is 0 Å². The molecule has 3 aliphatic rings. The summed E-state index contributed by atoms with van der Waals surface area (Å²) < 4.78 is 9.69. The minimum absolute atomic E-state index is 0.319. The average molecular weight is 371 g/mol. The summed E-state index contributed by atoms with van der Waals surface area (Å²) in [4.78, 5) is 4.93. The molecule has 0 radical (unpaired) electrons. The average Bonchev–Trinajstić information content (AvgIpc) is 3.18. The zero-order chi connectivity index (χ0) is 18.4. The maximum atomic E-state index is 5.56. The van der Waals surface area contributed by atoms with Crippen LogP contribution in [0.5, 0.6) is 0 Å². The first-order valence-corrected chi connectivity index (χ1v) is 10.5. The van der Waals surface area contributed by atoms with Crippen LogP contribution in [-0.4, -0.2) is 43.0 Å². The molecule has 1 aliphatic heterocycles. The van der Waals surface area contributed by atoms with Gasteiger partial charge in [-0.3, -0.25) is 0 Å². The number of ether oxygens (including phenoxy) is 1. The van der Waals surface area contributed by atoms with Gasteiger partial charge in [-0.15, -0.1) is 5.10 Å². The Balaban J connectivity index is 1.43. The summed E-state index contributed by atoms with van der Waals surface area (Å²) in [5, 5.41) is 13.8. The quantitative estimate of drug-likeness (QED) is 0.804. The van der Waals surface area contributed by atoms with Crippen LogP contribution in [0.4, 0.5) is 0 Å². The zero-order valence-corrected chi connectivity index (χ0v) is 16.5. The van der Waals surface area contributed by atoms with Crippen molar-refractivity contribution in [2.45, 2.75) is 77.3 Å². The molecule has 3 heterocycles. The lowest BCUT2D eigenvalue weighted by molar-refractivity contribution is 0.181. The first kappa shape index (κ1) is 17.3. The Morgan fingerprint density at radius 1 is 1.19 bits per heavy atom. The second-order valence-electron chi connectivity index (χ2n) is 9.33. The van der Waals surface area contributed by atoms with Crippen LogP contribution < -0.4 is 0 Å². The molecule has 2 atom stereocenters. The number of rotatable bonds is 5. The molecule has 0 bridgehead atoms. The van der Waals surface area contributed by atoms with Gasteiger partial charge in [0.25, 0.3) is 0 Å². The van der Waals surface area contributed by atoms with Gasteiger partial charge in [-0.05, 0) is 31.1 Å². The maximum absolute atomic E-state index is 5.56. The van der Waals surface area contributed by atoms with E-state index in [4.69, 9.17) is 14.8 Å². The molecule has 7 heteroatoms. The molecule has 0 N–H and O–H groups in total. The smallest absolute Gasteiger partial charge is 0.180 e. The third kappa shape index (κ3) is 3.42. The molecule has 2 aromatic heterocycles. The van der Waals surface area contributed by atoms with Crippen molar-refractivity contribution in [3.63, 3.8) is 0 Å². The lowest BCUT2D eigenvalue weighted by Crippen LogP contribution is -2.14. The van der Waals surface area contributed by atoms with Gasteiger partial charge in [0.15, 0.2) is 11.6 Å². The number of hydrogen-bond donors (Lipinski definition) is 0. The molecule has 3 fully saturated rings. The number of nitrogens with zero attached hydrogens (tertiary/aromatic N) is 6. The monoisotopic (exact) mass is 370 g/mol. The zero-order valence-electron chi connectivity index (χ0n) is 16.5. The third-order valence-corrected chi connectivity index (χ3v) is 6.66. The fourth-order valence-corrected chi connectivity index (χ4v) is 4.61. The highest BCUT2D eigenvalue weighted by Crippen LogP contribution is 2.57. The van der Waals surface area contributed by atoms with Gasteiger partial charge in [0.1, 0.15) is 5.69 Å². The Morgan fingerprint density at radius 2 is 2.00 bits per heavy atom. The highest BCUT2D eigenvalue weighted by molar-refractivity contribution is 5.47. The summed E-state index contributed by atoms with van der Waals surface area (Å²) in [6.45, 7) is 7.11. The third-order valence-electron chi connectivity index (χ3n) is 6.66. The molecule has 0 amide bonds. The van der Waals surface area contributed by atoms with Crippen molar-refractivity contribution in [1.82, 2.24) is 29.8 Å². The lowest BCUT2D eigenvalue weighted by atomic mass is 9.96. The van der Waals surface area contributed by atoms with E-state index < -0.39 is 0 Å². The van der Waals surface area contributed by atoms with Gasteiger partial charge in [0.2, 0.25) is 0 Å². The molecular formula is C20H30N6O. The summed E-state index contributed by atoms with van der Waals surface area (Å²) >= 11 is 0. The highest BCUT2D eigenvalue weighted by Gasteiger charge is 2.49. The molecular weight excluding hydrogens is 340 g/mol. The second-order valence-corrected chi connectivity index (χ2v) is 9.33. The van der Waals surface area contributed by atoms with E-state index in [-0.39, 0.29) is 0 Å². The van der Waals surface area contributed by atoms with Gasteiger partial charge in [-0.1, -0.05) is 38.3 Å². The van der Waals surface area contributed by atoms with Crippen molar-refractivity contribution in [1.29, 1.82) is 0 Å². The molecule has 2 aromatic rings. The Labute approximate surface area is 160 Å². The van der Waals surface area contributed by atoms with Crippen molar-refractivity contribution in [3.8, 4) is 11.5 Å². The van der Waals surface area contributed by atoms with E-state index in [1.54, 1.807) is 0 Å². The summed E-state index contributed by atoms with van der Waals surface area (Å²) in [6.07, 6.45) is 10.7. The Morgan fingerprint density at radius 3 is 2.70 bits per heavy atom. The highest BCUT2D eigenvalue weighted by atomic mass is 16.5. The molecule has 0 aromatic carbocycles. The molecule has 2 aliphatic carbocycles. The van der Waals surface area contributed by atoms with Gasteiger partial charge >= 0.3 is 0 Å². The minimum Gasteiger partial charge on any atom is -0.381 e. The van der Waals surface area contributed by atoms with E-state index in [1.165, 1.54) is 32.1 Å². The van der Waals surface area contributed by atoms with Crippen LogP contribution >= 0.6 is 0 Å². The molecule has 0 spiro atoms. The van der Waals surface area contributed by atoms with E-state index in [2.05, 4.69) is 39.7 Å². The van der Waals surface area contributed by atoms with E-state index in [0.29, 0.717) is 23.3 Å². The molecule has 2 saturated carbocycles. The van der Waals surface area contributed by atoms with Gasteiger partial charge in [-0.2, -0.15) is 5.10 Å². The molecule has 7 nitrogen and oxygen atoms in total. The van der Waals surface area contributed by atoms with Crippen LogP contribution in [-0.2, 0) is 11.3 Å². The van der Waals surface area contributed by atoms with Crippen LogP contribution in [0.15, 0.2) is 6.20 Å². The first-order chi connectivity index (χ1) is 13.1. The van der Waals surface area contributed by atoms with E-state index in [1.807, 2.05) is 0 Å². The fraction of sp³-hybridized carbons (Fsp3) is 0.800. The van der Waals surface area contributed by atoms with Crippen LogP contribution in [0.1, 0.15) is 76.6 Å². The summed E-state index contributed by atoms with van der Waals surface area (Å²) in [6, 6.07) is 0.487. The minimum atomic E-state index is 0.319. The fourth-order valence-electron chi connectivity index (χ4n) is 4.61. The van der Waals surface area contributed by atoms with E-state index >= 15 is 0 Å². The number of hydrogen-bond acceptors (Lipinski definition) is 5. The van der Waals surface area contributed by atoms with Crippen molar-refractivity contribution < 1.29 is 4.74 Å². The first-order valence-electron chi connectivity index (χ1n) is 10.5. The van der Waals surface area contributed by atoms with Gasteiger partial charge < -0.3 is 4.74 Å². The second kappa shape index (κ2) is 6.69. The molecule has 5 rings (SSSR count). The van der Waals surface area contributed by atoms with Crippen LogP contribution in [0.3, 0.4) is 0 Å². The summed E-state index contributed by atoms with van der Waals surface area (Å²) in [5.41, 5.74) is 1.18. The number of aromatic nitrogens is 6. The standard InChI is InChI=1S/C20H30N6O/c1-20(2)10-16(20)18-21-19(26(23-18)11-14-8-9-27-13-14)17-12-25(24-22-17)15-6-4-3-5-7-15/h12,14-16H,3-11,13H2,1-2H3. The SMILES string of the molecule is CC1(C)CC1c1nc(-c2cn(C3CCCCC3)nn2)n(CC2CCOC2)n1. The summed E-state index contributed by atoms with van der Waals surface area (Å²) in [7, 11) is 0. The van der Waals surface area contributed by atoms with Gasteiger partial charge in [-0.25, -0.2) is 14.3 Å². The van der Waals surface area contributed by atoms with Gasteiger partial charge in [0.05, 0.1) is 18.8 Å². The summed E-state index contributed by atoms with van der Waals surface area (Å²) in [5.74, 6) is 2.83. The molecule has 27 heavy (non-hydrogen) atoms. The molecule has 1 saturated heterocycles. The predicted molar refractivity (Wildman–Crippen MR) is 101 cm³/mol. The largest absolute Gasteiger partial charge is 0.381 e. The van der Waals surface area contributed by atoms with E-state index in [9.17, 15) is 0 Å². The normalized spacial score (nSPS) is 27.9. The Kier molecular flexibility index (Phi) is 4.30. The molecule has 146 valence electrons. The van der Waals surface area contributed by atoms with E-state index in [0.717, 1.165) is 49.9 Å². The van der Waals surface area contributed by atoms with Crippen molar-refractivity contribution in [2.75, 3.05) is 13.2 Å². The van der Waals surface area contributed by atoms with Crippen LogP contribution in [0.2, 0.25) is 0 Å². The molecule has 2 unspecified atom stereocenters. The Hall–Kier alpha value is -1.76. The van der Waals surface area contributed by atoms with Crippen molar-refractivity contribution in [3.05, 3.63) is 12.0 Å². The van der Waals surface area contributed by atoms with Crippen LogP contribution in [0.25, 0.3) is 11.5 Å². The van der Waals surface area contributed by atoms with Gasteiger partial charge in [0, 0.05) is 25.0 Å². The Bertz CT molecular complexity index is 797. The topological polar surface area (TPSA) is 70.7 Å². The van der Waals surface area contributed by atoms with Crippen LogP contribution in [0, 0.1) is 11.3 Å².